The molecule has 0 aliphatic rings. The van der Waals surface area contributed by atoms with Crippen molar-refractivity contribution in [3.05, 3.63) is 39.8 Å². The first-order chi connectivity index (χ1) is 10.1. The summed E-state index contributed by atoms with van der Waals surface area (Å²) in [4.78, 5) is 14.8. The SMILES string of the molecule is COc1cc(C)ccc1OCCCc1nc(C(=O)O)cs1. The first-order valence-electron chi connectivity index (χ1n) is 6.55. The Balaban J connectivity index is 1.83. The van der Waals surface area contributed by atoms with Gasteiger partial charge >= 0.3 is 5.97 Å². The standard InChI is InChI=1S/C15H17NO4S/c1-10-5-6-12(13(8-10)19-2)20-7-3-4-14-16-11(9-21-14)15(17)18/h5-6,8-9H,3-4,7H2,1-2H3,(H,17,18). The minimum atomic E-state index is -0.988. The highest BCUT2D eigenvalue weighted by Crippen LogP contribution is 2.27. The smallest absolute Gasteiger partial charge is 0.355 e. The Bertz CT molecular complexity index is 624. The summed E-state index contributed by atoms with van der Waals surface area (Å²) in [5.41, 5.74) is 1.22. The summed E-state index contributed by atoms with van der Waals surface area (Å²) in [5, 5.41) is 11.2. The molecule has 0 bridgehead atoms. The number of benzene rings is 1. The summed E-state index contributed by atoms with van der Waals surface area (Å²) in [6.07, 6.45) is 1.47. The van der Waals surface area contributed by atoms with Gasteiger partial charge in [0.1, 0.15) is 0 Å². The van der Waals surface area contributed by atoms with Gasteiger partial charge in [-0.2, -0.15) is 0 Å². The lowest BCUT2D eigenvalue weighted by Crippen LogP contribution is -2.02. The van der Waals surface area contributed by atoms with E-state index >= 15 is 0 Å². The predicted molar refractivity (Wildman–Crippen MR) is 80.6 cm³/mol. The van der Waals surface area contributed by atoms with E-state index < -0.39 is 5.97 Å². The van der Waals surface area contributed by atoms with Gasteiger partial charge in [0.2, 0.25) is 0 Å². The third-order valence-electron chi connectivity index (χ3n) is 2.88. The Morgan fingerprint density at radius 2 is 2.19 bits per heavy atom. The molecule has 6 heteroatoms. The molecule has 112 valence electrons. The van der Waals surface area contributed by atoms with E-state index in [-0.39, 0.29) is 5.69 Å². The van der Waals surface area contributed by atoms with Gasteiger partial charge in [-0.25, -0.2) is 9.78 Å². The molecule has 0 saturated carbocycles. The Labute approximate surface area is 127 Å². The second-order valence-corrected chi connectivity index (χ2v) is 5.48. The quantitative estimate of drug-likeness (QED) is 0.796. The van der Waals surface area contributed by atoms with Gasteiger partial charge < -0.3 is 14.6 Å². The summed E-state index contributed by atoms with van der Waals surface area (Å²) in [6.45, 7) is 2.52. The van der Waals surface area contributed by atoms with Crippen LogP contribution >= 0.6 is 11.3 Å². The average molecular weight is 307 g/mol. The summed E-state index contributed by atoms with van der Waals surface area (Å²) >= 11 is 1.36. The van der Waals surface area contributed by atoms with Crippen LogP contribution in [0.5, 0.6) is 11.5 Å². The molecule has 0 aliphatic heterocycles. The molecule has 0 amide bonds. The molecule has 0 saturated heterocycles. The Hall–Kier alpha value is -2.08. The number of hydrogen-bond donors (Lipinski definition) is 1. The van der Waals surface area contributed by atoms with Crippen molar-refractivity contribution >= 4 is 17.3 Å². The van der Waals surface area contributed by atoms with E-state index in [0.29, 0.717) is 18.8 Å². The van der Waals surface area contributed by atoms with Crippen LogP contribution < -0.4 is 9.47 Å². The fourth-order valence-electron chi connectivity index (χ4n) is 1.82. The third-order valence-corrected chi connectivity index (χ3v) is 3.79. The van der Waals surface area contributed by atoms with Crippen LogP contribution in [0.25, 0.3) is 0 Å². The largest absolute Gasteiger partial charge is 0.493 e. The Morgan fingerprint density at radius 3 is 2.86 bits per heavy atom. The highest BCUT2D eigenvalue weighted by Gasteiger charge is 2.09. The molecule has 21 heavy (non-hydrogen) atoms. The first-order valence-corrected chi connectivity index (χ1v) is 7.43. The van der Waals surface area contributed by atoms with Crippen molar-refractivity contribution in [3.8, 4) is 11.5 Å². The van der Waals surface area contributed by atoms with Gasteiger partial charge in [-0.05, 0) is 31.0 Å². The van der Waals surface area contributed by atoms with Crippen LogP contribution in [0.4, 0.5) is 0 Å². The molecule has 2 aromatic rings. The van der Waals surface area contributed by atoms with Crippen molar-refractivity contribution in [3.63, 3.8) is 0 Å². The van der Waals surface area contributed by atoms with Gasteiger partial charge in [0.15, 0.2) is 17.2 Å². The molecule has 0 aliphatic carbocycles. The second-order valence-electron chi connectivity index (χ2n) is 4.54. The second kappa shape index (κ2) is 7.08. The van der Waals surface area contributed by atoms with Gasteiger partial charge in [0.25, 0.3) is 0 Å². The molecule has 0 radical (unpaired) electrons. The number of aromatic nitrogens is 1. The number of thiazole rings is 1. The highest BCUT2D eigenvalue weighted by atomic mass is 32.1. The number of hydrogen-bond acceptors (Lipinski definition) is 5. The predicted octanol–water partition coefficient (Wildman–Crippen LogP) is 3.17. The monoisotopic (exact) mass is 307 g/mol. The van der Waals surface area contributed by atoms with Gasteiger partial charge in [-0.15, -0.1) is 11.3 Å². The zero-order valence-corrected chi connectivity index (χ0v) is 12.8. The van der Waals surface area contributed by atoms with Crippen LogP contribution in [0.3, 0.4) is 0 Å². The van der Waals surface area contributed by atoms with Crippen molar-refractivity contribution < 1.29 is 19.4 Å². The van der Waals surface area contributed by atoms with Crippen molar-refractivity contribution in [2.45, 2.75) is 19.8 Å². The van der Waals surface area contributed by atoms with E-state index in [9.17, 15) is 4.79 Å². The van der Waals surface area contributed by atoms with Crippen molar-refractivity contribution in [2.24, 2.45) is 0 Å². The number of aromatic carboxylic acids is 1. The molecule has 1 aromatic carbocycles. The number of rotatable bonds is 7. The van der Waals surface area contributed by atoms with Crippen molar-refractivity contribution in [1.82, 2.24) is 4.98 Å². The van der Waals surface area contributed by atoms with E-state index in [0.717, 1.165) is 22.7 Å². The lowest BCUT2D eigenvalue weighted by molar-refractivity contribution is 0.0691. The molecule has 0 unspecified atom stereocenters. The third kappa shape index (κ3) is 4.19. The maximum Gasteiger partial charge on any atom is 0.355 e. The number of ether oxygens (including phenoxy) is 2. The van der Waals surface area contributed by atoms with Gasteiger partial charge in [0.05, 0.1) is 18.7 Å². The maximum absolute atomic E-state index is 10.7. The molecule has 0 atom stereocenters. The van der Waals surface area contributed by atoms with Crippen molar-refractivity contribution in [1.29, 1.82) is 0 Å². The lowest BCUT2D eigenvalue weighted by atomic mass is 10.2. The van der Waals surface area contributed by atoms with Gasteiger partial charge in [-0.3, -0.25) is 0 Å². The number of carboxylic acids is 1. The topological polar surface area (TPSA) is 68.7 Å². The van der Waals surface area contributed by atoms with E-state index in [1.807, 2.05) is 25.1 Å². The van der Waals surface area contributed by atoms with Crippen LogP contribution in [0, 0.1) is 6.92 Å². The van der Waals surface area contributed by atoms with Gasteiger partial charge in [0, 0.05) is 11.8 Å². The average Bonchev–Trinajstić information content (AvgIpc) is 2.93. The number of carbonyl (C=O) groups is 1. The maximum atomic E-state index is 10.7. The van der Waals surface area contributed by atoms with Crippen LogP contribution in [0.2, 0.25) is 0 Å². The molecule has 2 rings (SSSR count). The van der Waals surface area contributed by atoms with E-state index in [1.165, 1.54) is 11.3 Å². The van der Waals surface area contributed by atoms with E-state index in [4.69, 9.17) is 14.6 Å². The number of aryl methyl sites for hydroxylation is 2. The molecule has 1 N–H and O–H groups in total. The Kier molecular flexibility index (Phi) is 5.16. The molecule has 1 aromatic heterocycles. The van der Waals surface area contributed by atoms with Crippen LogP contribution in [0.15, 0.2) is 23.6 Å². The molecular formula is C15H17NO4S. The fraction of sp³-hybridized carbons (Fsp3) is 0.333. The lowest BCUT2D eigenvalue weighted by Gasteiger charge is -2.10. The minimum Gasteiger partial charge on any atom is -0.493 e. The fourth-order valence-corrected chi connectivity index (χ4v) is 2.64. The Morgan fingerprint density at radius 1 is 1.38 bits per heavy atom. The van der Waals surface area contributed by atoms with Crippen LogP contribution in [0.1, 0.15) is 27.5 Å². The normalized spacial score (nSPS) is 10.4. The van der Waals surface area contributed by atoms with E-state index in [2.05, 4.69) is 4.98 Å². The summed E-state index contributed by atoms with van der Waals surface area (Å²) in [6, 6.07) is 5.78. The number of carboxylic acid groups (broad SMARTS) is 1. The molecule has 0 fully saturated rings. The number of methoxy groups -OCH3 is 1. The molecule has 1 heterocycles. The van der Waals surface area contributed by atoms with Gasteiger partial charge in [-0.1, -0.05) is 6.07 Å². The first kappa shape index (κ1) is 15.3. The summed E-state index contributed by atoms with van der Waals surface area (Å²) < 4.78 is 11.0. The molecular weight excluding hydrogens is 290 g/mol. The molecule has 5 nitrogen and oxygen atoms in total. The summed E-state index contributed by atoms with van der Waals surface area (Å²) in [5.74, 6) is 0.448. The number of nitrogens with zero attached hydrogens (tertiary/aromatic N) is 1. The zero-order valence-electron chi connectivity index (χ0n) is 12.0. The van der Waals surface area contributed by atoms with Crippen molar-refractivity contribution in [2.75, 3.05) is 13.7 Å². The van der Waals surface area contributed by atoms with Crippen LogP contribution in [-0.2, 0) is 6.42 Å². The highest BCUT2D eigenvalue weighted by molar-refractivity contribution is 7.09. The summed E-state index contributed by atoms with van der Waals surface area (Å²) in [7, 11) is 1.62. The van der Waals surface area contributed by atoms with E-state index in [1.54, 1.807) is 12.5 Å². The zero-order chi connectivity index (χ0) is 15.2. The molecule has 0 spiro atoms. The minimum absolute atomic E-state index is 0.108. The van der Waals surface area contributed by atoms with Crippen LogP contribution in [-0.4, -0.2) is 29.8 Å².